The Bertz CT molecular complexity index is 1250. The molecular weight excluding hydrogens is 416 g/mol. The Morgan fingerprint density at radius 1 is 0.656 bits per heavy atom. The van der Waals surface area contributed by atoms with E-state index in [9.17, 15) is 20.2 Å². The summed E-state index contributed by atoms with van der Waals surface area (Å²) in [5, 5.41) is 29.6. The largest absolute Gasteiger partial charge is 0.455 e. The van der Waals surface area contributed by atoms with Crippen LogP contribution in [-0.2, 0) is 0 Å². The first-order valence-corrected chi connectivity index (χ1v) is 9.25. The van der Waals surface area contributed by atoms with Crippen molar-refractivity contribution in [3.05, 3.63) is 105 Å². The monoisotopic (exact) mass is 430 g/mol. The van der Waals surface area contributed by atoms with Crippen LogP contribution in [0.1, 0.15) is 11.5 Å². The third-order valence-corrected chi connectivity index (χ3v) is 4.37. The SMILES string of the molecule is O=[N+]([O-])c1cccc(-c2ccc(C=NN=Cc3ccc(-c4cccc([N+](=O)[O-])c4)o3)o2)c1. The van der Waals surface area contributed by atoms with Crippen LogP contribution in [0, 0.1) is 20.2 Å². The van der Waals surface area contributed by atoms with E-state index in [-0.39, 0.29) is 11.4 Å². The van der Waals surface area contributed by atoms with Crippen LogP contribution in [0.4, 0.5) is 11.4 Å². The molecule has 0 aliphatic carbocycles. The van der Waals surface area contributed by atoms with E-state index in [4.69, 9.17) is 8.83 Å². The van der Waals surface area contributed by atoms with Crippen LogP contribution in [-0.4, -0.2) is 22.3 Å². The first-order chi connectivity index (χ1) is 15.5. The summed E-state index contributed by atoms with van der Waals surface area (Å²) in [6.45, 7) is 0. The fraction of sp³-hybridized carbons (Fsp3) is 0. The highest BCUT2D eigenvalue weighted by Gasteiger charge is 2.11. The number of furan rings is 2. The first-order valence-electron chi connectivity index (χ1n) is 9.25. The van der Waals surface area contributed by atoms with Gasteiger partial charge in [0.2, 0.25) is 0 Å². The van der Waals surface area contributed by atoms with E-state index in [1.807, 2.05) is 0 Å². The molecule has 0 spiro atoms. The van der Waals surface area contributed by atoms with Gasteiger partial charge in [-0.3, -0.25) is 20.2 Å². The number of nitro benzene ring substituents is 2. The average Bonchev–Trinajstić information content (AvgIpc) is 3.47. The first kappa shape index (κ1) is 20.4. The van der Waals surface area contributed by atoms with Gasteiger partial charge in [-0.2, -0.15) is 10.2 Å². The highest BCUT2D eigenvalue weighted by molar-refractivity contribution is 5.80. The van der Waals surface area contributed by atoms with Crippen LogP contribution in [0.15, 0.2) is 91.8 Å². The molecule has 0 fully saturated rings. The number of rotatable bonds is 7. The lowest BCUT2D eigenvalue weighted by atomic mass is 10.1. The zero-order valence-electron chi connectivity index (χ0n) is 16.3. The molecule has 0 bridgehead atoms. The van der Waals surface area contributed by atoms with Gasteiger partial charge in [-0.05, 0) is 24.3 Å². The second-order valence-corrected chi connectivity index (χ2v) is 6.51. The average molecular weight is 430 g/mol. The fourth-order valence-electron chi connectivity index (χ4n) is 2.88. The second-order valence-electron chi connectivity index (χ2n) is 6.51. The van der Waals surface area contributed by atoms with Crippen LogP contribution in [0.25, 0.3) is 22.6 Å². The van der Waals surface area contributed by atoms with E-state index >= 15 is 0 Å². The van der Waals surface area contributed by atoms with Crippen LogP contribution >= 0.6 is 0 Å². The summed E-state index contributed by atoms with van der Waals surface area (Å²) in [6.07, 6.45) is 2.78. The molecule has 2 aromatic carbocycles. The Labute approximate surface area is 180 Å². The van der Waals surface area contributed by atoms with Crippen LogP contribution in [0.3, 0.4) is 0 Å². The van der Waals surface area contributed by atoms with Crippen molar-refractivity contribution in [3.8, 4) is 22.6 Å². The molecular formula is C22H14N4O6. The molecule has 0 aliphatic heterocycles. The van der Waals surface area contributed by atoms with E-state index in [2.05, 4.69) is 10.2 Å². The molecule has 0 saturated heterocycles. The Morgan fingerprint density at radius 3 is 1.50 bits per heavy atom. The molecule has 32 heavy (non-hydrogen) atoms. The van der Waals surface area contributed by atoms with Crippen LogP contribution in [0.5, 0.6) is 0 Å². The summed E-state index contributed by atoms with van der Waals surface area (Å²) in [7, 11) is 0. The van der Waals surface area contributed by atoms with Gasteiger partial charge in [-0.25, -0.2) is 0 Å². The Balaban J connectivity index is 1.43. The number of nitro groups is 2. The maximum atomic E-state index is 10.9. The van der Waals surface area contributed by atoms with E-state index in [0.29, 0.717) is 34.2 Å². The smallest absolute Gasteiger partial charge is 0.270 e. The van der Waals surface area contributed by atoms with Gasteiger partial charge in [0.25, 0.3) is 11.4 Å². The molecule has 158 valence electrons. The number of hydrogen-bond donors (Lipinski definition) is 0. The van der Waals surface area contributed by atoms with Gasteiger partial charge in [-0.1, -0.05) is 24.3 Å². The van der Waals surface area contributed by atoms with Crippen LogP contribution in [0.2, 0.25) is 0 Å². The highest BCUT2D eigenvalue weighted by atomic mass is 16.6. The van der Waals surface area contributed by atoms with Crippen molar-refractivity contribution in [2.24, 2.45) is 10.2 Å². The van der Waals surface area contributed by atoms with Crippen molar-refractivity contribution in [3.63, 3.8) is 0 Å². The number of nitrogens with zero attached hydrogens (tertiary/aromatic N) is 4. The van der Waals surface area contributed by atoms with Gasteiger partial charge in [0, 0.05) is 35.4 Å². The van der Waals surface area contributed by atoms with Crippen molar-refractivity contribution in [1.29, 1.82) is 0 Å². The van der Waals surface area contributed by atoms with E-state index in [0.717, 1.165) is 0 Å². The standard InChI is InChI=1S/C22H14N4O6/c27-25(28)17-5-1-3-15(11-17)21-9-7-19(31-21)13-23-24-14-20-8-10-22(32-20)16-4-2-6-18(12-16)26(29)30/h1-14H. The topological polar surface area (TPSA) is 137 Å². The predicted octanol–water partition coefficient (Wildman–Crippen LogP) is 5.48. The Kier molecular flexibility index (Phi) is 5.66. The third-order valence-electron chi connectivity index (χ3n) is 4.37. The fourth-order valence-corrected chi connectivity index (χ4v) is 2.88. The number of non-ortho nitro benzene ring substituents is 2. The van der Waals surface area contributed by atoms with Gasteiger partial charge < -0.3 is 8.83 Å². The third kappa shape index (κ3) is 4.65. The minimum absolute atomic E-state index is 0.0263. The van der Waals surface area contributed by atoms with Crippen molar-refractivity contribution >= 4 is 23.8 Å². The Hall–Kier alpha value is -4.86. The predicted molar refractivity (Wildman–Crippen MR) is 117 cm³/mol. The summed E-state index contributed by atoms with van der Waals surface area (Å²) < 4.78 is 11.2. The van der Waals surface area contributed by atoms with E-state index in [1.54, 1.807) is 48.5 Å². The summed E-state index contributed by atoms with van der Waals surface area (Å²) in [4.78, 5) is 20.9. The molecule has 0 aliphatic rings. The second kappa shape index (κ2) is 8.88. The van der Waals surface area contributed by atoms with Gasteiger partial charge >= 0.3 is 0 Å². The quantitative estimate of drug-likeness (QED) is 0.216. The summed E-state index contributed by atoms with van der Waals surface area (Å²) in [5.41, 5.74) is 1.10. The molecule has 0 atom stereocenters. The normalized spacial score (nSPS) is 11.4. The number of hydrogen-bond acceptors (Lipinski definition) is 8. The maximum absolute atomic E-state index is 10.9. The minimum atomic E-state index is -0.470. The minimum Gasteiger partial charge on any atom is -0.455 e. The summed E-state index contributed by atoms with van der Waals surface area (Å²) >= 11 is 0. The van der Waals surface area contributed by atoms with Crippen molar-refractivity contribution in [2.75, 3.05) is 0 Å². The lowest BCUT2D eigenvalue weighted by Gasteiger charge is -1.96. The van der Waals surface area contributed by atoms with E-state index in [1.165, 1.54) is 36.7 Å². The molecule has 10 nitrogen and oxygen atoms in total. The molecule has 0 N–H and O–H groups in total. The van der Waals surface area contributed by atoms with Crippen molar-refractivity contribution in [2.45, 2.75) is 0 Å². The molecule has 2 heterocycles. The molecule has 4 aromatic rings. The van der Waals surface area contributed by atoms with Gasteiger partial charge in [0.1, 0.15) is 23.0 Å². The van der Waals surface area contributed by atoms with E-state index < -0.39 is 9.85 Å². The zero-order valence-corrected chi connectivity index (χ0v) is 16.3. The van der Waals surface area contributed by atoms with Gasteiger partial charge in [0.15, 0.2) is 0 Å². The maximum Gasteiger partial charge on any atom is 0.270 e. The zero-order chi connectivity index (χ0) is 22.5. The van der Waals surface area contributed by atoms with Gasteiger partial charge in [0.05, 0.1) is 22.3 Å². The Morgan fingerprint density at radius 2 is 1.09 bits per heavy atom. The van der Waals surface area contributed by atoms with Gasteiger partial charge in [-0.15, -0.1) is 0 Å². The highest BCUT2D eigenvalue weighted by Crippen LogP contribution is 2.26. The summed E-state index contributed by atoms with van der Waals surface area (Å²) in [5.74, 6) is 1.76. The summed E-state index contributed by atoms with van der Waals surface area (Å²) in [6, 6.07) is 18.9. The molecule has 10 heteroatoms. The molecule has 0 unspecified atom stereocenters. The molecule has 0 amide bonds. The molecule has 2 aromatic heterocycles. The van der Waals surface area contributed by atoms with Crippen LogP contribution < -0.4 is 0 Å². The molecule has 0 saturated carbocycles. The van der Waals surface area contributed by atoms with Crippen molar-refractivity contribution in [1.82, 2.24) is 0 Å². The molecule has 0 radical (unpaired) electrons. The lowest BCUT2D eigenvalue weighted by Crippen LogP contribution is -1.87. The van der Waals surface area contributed by atoms with Crippen molar-refractivity contribution < 1.29 is 18.7 Å². The lowest BCUT2D eigenvalue weighted by molar-refractivity contribution is -0.385. The molecule has 4 rings (SSSR count). The number of benzene rings is 2.